The molecule has 0 aliphatic carbocycles. The number of rotatable bonds is 7. The van der Waals surface area contributed by atoms with Crippen LogP contribution in [0, 0.1) is 0 Å². The maximum Gasteiger partial charge on any atom is 0.280 e. The molecule has 0 atom stereocenters. The fraction of sp³-hybridized carbons (Fsp3) is 0.222. The van der Waals surface area contributed by atoms with Crippen LogP contribution in [0.3, 0.4) is 0 Å². The normalized spacial score (nSPS) is 12.8. The van der Waals surface area contributed by atoms with Crippen molar-refractivity contribution in [2.24, 2.45) is 7.05 Å². The van der Waals surface area contributed by atoms with E-state index in [-0.39, 0.29) is 36.7 Å². The van der Waals surface area contributed by atoms with E-state index >= 15 is 0 Å². The predicted octanol–water partition coefficient (Wildman–Crippen LogP) is 1.38. The number of aryl methyl sites for hydroxylation is 1. The standard InChI is InChI=1S/C18H18N4O6S/c1-22-17(21-29(24,25)15-4-2-3-7-19-15)16(18(20-22)26-9-8-23)12-5-6-13-14(10-12)28-11-27-13/h2-7,10,21,23H,8-9,11H2,1H3. The van der Waals surface area contributed by atoms with Crippen LogP contribution in [0.15, 0.2) is 47.6 Å². The second-order valence-corrected chi connectivity index (χ2v) is 7.70. The minimum Gasteiger partial charge on any atom is -0.474 e. The van der Waals surface area contributed by atoms with Gasteiger partial charge in [-0.3, -0.25) is 4.72 Å². The number of aromatic nitrogens is 3. The van der Waals surface area contributed by atoms with Gasteiger partial charge in [-0.2, -0.15) is 8.42 Å². The van der Waals surface area contributed by atoms with E-state index < -0.39 is 10.0 Å². The number of aliphatic hydroxyl groups excluding tert-OH is 1. The molecule has 2 N–H and O–H groups in total. The first-order chi connectivity index (χ1) is 14.0. The molecule has 0 amide bonds. The van der Waals surface area contributed by atoms with Gasteiger partial charge in [0.2, 0.25) is 12.7 Å². The summed E-state index contributed by atoms with van der Waals surface area (Å²) in [6.07, 6.45) is 1.40. The van der Waals surface area contributed by atoms with Gasteiger partial charge in [-0.25, -0.2) is 9.67 Å². The van der Waals surface area contributed by atoms with Crippen LogP contribution in [-0.4, -0.2) is 48.3 Å². The van der Waals surface area contributed by atoms with Crippen LogP contribution in [0.1, 0.15) is 0 Å². The Morgan fingerprint density at radius 1 is 1.24 bits per heavy atom. The summed E-state index contributed by atoms with van der Waals surface area (Å²) in [7, 11) is -2.39. The molecule has 0 saturated heterocycles. The molecule has 1 aromatic carbocycles. The quantitative estimate of drug-likeness (QED) is 0.590. The number of benzene rings is 1. The van der Waals surface area contributed by atoms with Gasteiger partial charge >= 0.3 is 0 Å². The highest BCUT2D eigenvalue weighted by atomic mass is 32.2. The summed E-state index contributed by atoms with van der Waals surface area (Å²) in [5, 5.41) is 13.2. The van der Waals surface area contributed by atoms with Gasteiger partial charge in [0.25, 0.3) is 10.0 Å². The number of nitrogens with zero attached hydrogens (tertiary/aromatic N) is 3. The minimum absolute atomic E-state index is 0.000988. The number of aliphatic hydroxyl groups is 1. The smallest absolute Gasteiger partial charge is 0.280 e. The van der Waals surface area contributed by atoms with Crippen molar-refractivity contribution in [3.8, 4) is 28.5 Å². The summed E-state index contributed by atoms with van der Waals surface area (Å²) in [5.41, 5.74) is 1.01. The zero-order chi connectivity index (χ0) is 20.4. The molecule has 4 rings (SSSR count). The number of fused-ring (bicyclic) bond motifs is 1. The van der Waals surface area contributed by atoms with Crippen LogP contribution in [0.5, 0.6) is 17.4 Å². The summed E-state index contributed by atoms with van der Waals surface area (Å²) in [6.45, 7) is -0.105. The highest BCUT2D eigenvalue weighted by Crippen LogP contribution is 2.42. The van der Waals surface area contributed by atoms with Gasteiger partial charge in [-0.05, 0) is 29.8 Å². The maximum atomic E-state index is 12.8. The first-order valence-electron chi connectivity index (χ1n) is 8.64. The lowest BCUT2D eigenvalue weighted by Gasteiger charge is -2.11. The monoisotopic (exact) mass is 418 g/mol. The van der Waals surface area contributed by atoms with Crippen molar-refractivity contribution >= 4 is 15.8 Å². The molecule has 1 aliphatic rings. The lowest BCUT2D eigenvalue weighted by molar-refractivity contribution is 0.174. The Morgan fingerprint density at radius 3 is 2.83 bits per heavy atom. The Morgan fingerprint density at radius 2 is 2.07 bits per heavy atom. The van der Waals surface area contributed by atoms with E-state index in [9.17, 15) is 8.42 Å². The lowest BCUT2D eigenvalue weighted by Crippen LogP contribution is -2.17. The fourth-order valence-corrected chi connectivity index (χ4v) is 3.91. The van der Waals surface area contributed by atoms with E-state index in [1.165, 1.54) is 16.9 Å². The van der Waals surface area contributed by atoms with Crippen molar-refractivity contribution in [3.05, 3.63) is 42.6 Å². The fourth-order valence-electron chi connectivity index (χ4n) is 2.86. The highest BCUT2D eigenvalue weighted by Gasteiger charge is 2.26. The summed E-state index contributed by atoms with van der Waals surface area (Å²) < 4.78 is 45.8. The molecule has 3 heterocycles. The molecule has 0 radical (unpaired) electrons. The van der Waals surface area contributed by atoms with Crippen molar-refractivity contribution < 1.29 is 27.7 Å². The van der Waals surface area contributed by atoms with Crippen LogP contribution < -0.4 is 18.9 Å². The highest BCUT2D eigenvalue weighted by molar-refractivity contribution is 7.92. The molecule has 29 heavy (non-hydrogen) atoms. The van der Waals surface area contributed by atoms with Crippen molar-refractivity contribution in [2.45, 2.75) is 5.03 Å². The third-order valence-corrected chi connectivity index (χ3v) is 5.40. The third-order valence-electron chi connectivity index (χ3n) is 4.15. The van der Waals surface area contributed by atoms with Crippen LogP contribution >= 0.6 is 0 Å². The number of sulfonamides is 1. The first-order valence-corrected chi connectivity index (χ1v) is 10.1. The molecule has 0 fully saturated rings. The summed E-state index contributed by atoms with van der Waals surface area (Å²) in [5.74, 6) is 1.46. The zero-order valence-electron chi connectivity index (χ0n) is 15.4. The van der Waals surface area contributed by atoms with Gasteiger partial charge in [0, 0.05) is 13.2 Å². The van der Waals surface area contributed by atoms with Gasteiger partial charge in [0.05, 0.1) is 12.2 Å². The van der Waals surface area contributed by atoms with E-state index in [0.29, 0.717) is 22.6 Å². The number of hydrogen-bond acceptors (Lipinski definition) is 8. The van der Waals surface area contributed by atoms with E-state index in [2.05, 4.69) is 14.8 Å². The van der Waals surface area contributed by atoms with Crippen molar-refractivity contribution in [1.82, 2.24) is 14.8 Å². The number of pyridine rings is 1. The average molecular weight is 418 g/mol. The van der Waals surface area contributed by atoms with Gasteiger partial charge in [0.1, 0.15) is 12.4 Å². The average Bonchev–Trinajstić information content (AvgIpc) is 3.30. The zero-order valence-corrected chi connectivity index (χ0v) is 16.2. The molecule has 11 heteroatoms. The molecule has 3 aromatic rings. The summed E-state index contributed by atoms with van der Waals surface area (Å²) >= 11 is 0. The Bertz CT molecular complexity index is 1130. The van der Waals surface area contributed by atoms with Crippen molar-refractivity contribution in [3.63, 3.8) is 0 Å². The molecule has 0 unspecified atom stereocenters. The molecule has 10 nitrogen and oxygen atoms in total. The largest absolute Gasteiger partial charge is 0.474 e. The number of nitrogens with one attached hydrogen (secondary N) is 1. The minimum atomic E-state index is -3.97. The molecule has 152 valence electrons. The Balaban J connectivity index is 1.80. The van der Waals surface area contributed by atoms with Gasteiger partial charge in [-0.15, -0.1) is 5.10 Å². The van der Waals surface area contributed by atoms with E-state index in [1.54, 1.807) is 37.4 Å². The topological polar surface area (TPSA) is 125 Å². The maximum absolute atomic E-state index is 12.8. The van der Waals surface area contributed by atoms with Gasteiger partial charge in [-0.1, -0.05) is 12.1 Å². The Hall–Kier alpha value is -3.31. The van der Waals surface area contributed by atoms with Crippen LogP contribution in [0.2, 0.25) is 0 Å². The van der Waals surface area contributed by atoms with Gasteiger partial charge < -0.3 is 19.3 Å². The number of anilines is 1. The van der Waals surface area contributed by atoms with E-state index in [0.717, 1.165) is 0 Å². The van der Waals surface area contributed by atoms with Crippen molar-refractivity contribution in [1.29, 1.82) is 0 Å². The molecular formula is C18H18N4O6S. The number of ether oxygens (including phenoxy) is 3. The third kappa shape index (κ3) is 3.69. The van der Waals surface area contributed by atoms with Crippen LogP contribution in [0.25, 0.3) is 11.1 Å². The van der Waals surface area contributed by atoms with Crippen LogP contribution in [-0.2, 0) is 17.1 Å². The molecule has 1 aliphatic heterocycles. The van der Waals surface area contributed by atoms with Crippen molar-refractivity contribution in [2.75, 3.05) is 24.7 Å². The molecule has 2 aromatic heterocycles. The molecule has 0 bridgehead atoms. The summed E-state index contributed by atoms with van der Waals surface area (Å²) in [4.78, 5) is 3.90. The molecular weight excluding hydrogens is 400 g/mol. The second-order valence-electron chi connectivity index (χ2n) is 6.07. The van der Waals surface area contributed by atoms with Crippen LogP contribution in [0.4, 0.5) is 5.82 Å². The Labute approximate surface area is 166 Å². The molecule has 0 saturated carbocycles. The Kier molecular flexibility index (Phi) is 4.99. The number of hydrogen-bond donors (Lipinski definition) is 2. The first kappa shape index (κ1) is 19.0. The van der Waals surface area contributed by atoms with E-state index in [1.807, 2.05) is 0 Å². The van der Waals surface area contributed by atoms with E-state index in [4.69, 9.17) is 19.3 Å². The lowest BCUT2D eigenvalue weighted by atomic mass is 10.1. The second kappa shape index (κ2) is 7.60. The van der Waals surface area contributed by atoms with Gasteiger partial charge in [0.15, 0.2) is 16.5 Å². The molecule has 0 spiro atoms. The SMILES string of the molecule is Cn1nc(OCCO)c(-c2ccc3c(c2)OCO3)c1NS(=O)(=O)c1ccccn1. The summed E-state index contributed by atoms with van der Waals surface area (Å²) in [6, 6.07) is 9.78. The predicted molar refractivity (Wildman–Crippen MR) is 102 cm³/mol.